The van der Waals surface area contributed by atoms with Crippen LogP contribution in [0.5, 0.6) is 0 Å². The fourth-order valence-electron chi connectivity index (χ4n) is 4.45. The molecule has 178 valence electrons. The minimum Gasteiger partial charge on any atom is -0.357 e. The van der Waals surface area contributed by atoms with Crippen molar-refractivity contribution in [1.82, 2.24) is 14.9 Å². The van der Waals surface area contributed by atoms with E-state index < -0.39 is 0 Å². The van der Waals surface area contributed by atoms with E-state index in [9.17, 15) is 4.79 Å². The van der Waals surface area contributed by atoms with Crippen molar-refractivity contribution in [3.05, 3.63) is 83.3 Å². The highest BCUT2D eigenvalue weighted by Gasteiger charge is 2.28. The molecular weight excluding hydrogens is 422 g/mol. The normalized spacial score (nSPS) is 13.8. The van der Waals surface area contributed by atoms with Crippen molar-refractivity contribution in [1.29, 1.82) is 0 Å². The highest BCUT2D eigenvalue weighted by molar-refractivity contribution is 6.09. The lowest BCUT2D eigenvalue weighted by molar-refractivity contribution is 0.0989. The van der Waals surface area contributed by atoms with Gasteiger partial charge in [-0.15, -0.1) is 0 Å². The van der Waals surface area contributed by atoms with Crippen molar-refractivity contribution in [2.24, 2.45) is 0 Å². The maximum atomic E-state index is 13.5. The van der Waals surface area contributed by atoms with Gasteiger partial charge in [0.2, 0.25) is 0 Å². The number of rotatable bonds is 9. The third kappa shape index (κ3) is 5.81. The summed E-state index contributed by atoms with van der Waals surface area (Å²) in [7, 11) is 4.17. The van der Waals surface area contributed by atoms with E-state index in [0.717, 1.165) is 62.6 Å². The summed E-state index contributed by atoms with van der Waals surface area (Å²) in [4.78, 5) is 28.9. The molecule has 34 heavy (non-hydrogen) atoms. The smallest absolute Gasteiger partial charge is 0.263 e. The van der Waals surface area contributed by atoms with Gasteiger partial charge in [0.15, 0.2) is 0 Å². The van der Waals surface area contributed by atoms with Gasteiger partial charge in [0.05, 0.1) is 0 Å². The van der Waals surface area contributed by atoms with Crippen LogP contribution in [0.3, 0.4) is 0 Å². The van der Waals surface area contributed by atoms with E-state index in [1.807, 2.05) is 18.0 Å². The van der Waals surface area contributed by atoms with E-state index in [0.29, 0.717) is 12.1 Å². The molecule has 0 N–H and O–H groups in total. The molecule has 1 aliphatic rings. The number of carbonyl (C=O) groups excluding carboxylic acids is 1. The number of fused-ring (bicyclic) bond motifs is 1. The summed E-state index contributed by atoms with van der Waals surface area (Å²) >= 11 is 0. The number of carbonyl (C=O) groups is 1. The molecule has 4 rings (SSSR count). The SMILES string of the molecule is CCCc1ncc2c(n1)N(C)CCN(c1cccc(CCCN(C)Cc3ccccc3)c1)C2=O. The Hall–Kier alpha value is -3.25. The van der Waals surface area contributed by atoms with Gasteiger partial charge < -0.3 is 14.7 Å². The maximum Gasteiger partial charge on any atom is 0.263 e. The number of nitrogens with zero attached hydrogens (tertiary/aromatic N) is 5. The fraction of sp³-hybridized carbons (Fsp3) is 0.393. The van der Waals surface area contributed by atoms with E-state index in [1.54, 1.807) is 6.20 Å². The first-order valence-electron chi connectivity index (χ1n) is 12.3. The van der Waals surface area contributed by atoms with Gasteiger partial charge in [0.25, 0.3) is 5.91 Å². The first-order chi connectivity index (χ1) is 16.5. The Balaban J connectivity index is 1.42. The van der Waals surface area contributed by atoms with Crippen LogP contribution in [0.2, 0.25) is 0 Å². The van der Waals surface area contributed by atoms with E-state index in [2.05, 4.69) is 82.3 Å². The molecule has 0 radical (unpaired) electrons. The van der Waals surface area contributed by atoms with Gasteiger partial charge in [-0.3, -0.25) is 4.79 Å². The molecule has 0 spiro atoms. The van der Waals surface area contributed by atoms with Crippen LogP contribution in [0, 0.1) is 0 Å². The van der Waals surface area contributed by atoms with Crippen LogP contribution >= 0.6 is 0 Å². The van der Waals surface area contributed by atoms with E-state index in [1.165, 1.54) is 11.1 Å². The van der Waals surface area contributed by atoms with Crippen molar-refractivity contribution in [3.8, 4) is 0 Å². The molecule has 0 atom stereocenters. The summed E-state index contributed by atoms with van der Waals surface area (Å²) in [6, 6.07) is 19.0. The Bertz CT molecular complexity index is 1100. The van der Waals surface area contributed by atoms with E-state index in [4.69, 9.17) is 0 Å². The lowest BCUT2D eigenvalue weighted by Crippen LogP contribution is -2.33. The molecule has 1 aromatic heterocycles. The molecule has 0 bridgehead atoms. The third-order valence-corrected chi connectivity index (χ3v) is 6.31. The van der Waals surface area contributed by atoms with Crippen molar-refractivity contribution in [2.75, 3.05) is 43.5 Å². The monoisotopic (exact) mass is 457 g/mol. The number of benzene rings is 2. The molecule has 0 fully saturated rings. The van der Waals surface area contributed by atoms with Crippen LogP contribution in [0.15, 0.2) is 60.8 Å². The molecular formula is C28H35N5O. The molecule has 0 aliphatic carbocycles. The number of anilines is 2. The van der Waals surface area contributed by atoms with E-state index >= 15 is 0 Å². The van der Waals surface area contributed by atoms with Crippen molar-refractivity contribution < 1.29 is 4.79 Å². The number of aromatic nitrogens is 2. The third-order valence-electron chi connectivity index (χ3n) is 6.31. The lowest BCUT2D eigenvalue weighted by Gasteiger charge is -2.22. The zero-order valence-electron chi connectivity index (χ0n) is 20.6. The minimum absolute atomic E-state index is 0.0258. The van der Waals surface area contributed by atoms with Crippen LogP contribution in [0.4, 0.5) is 11.5 Å². The Morgan fingerprint density at radius 1 is 1.00 bits per heavy atom. The largest absolute Gasteiger partial charge is 0.357 e. The van der Waals surface area contributed by atoms with Gasteiger partial charge in [-0.1, -0.05) is 49.4 Å². The van der Waals surface area contributed by atoms with Gasteiger partial charge >= 0.3 is 0 Å². The molecule has 6 heteroatoms. The highest BCUT2D eigenvalue weighted by atomic mass is 16.2. The van der Waals surface area contributed by atoms with Crippen LogP contribution in [0.1, 0.15) is 47.1 Å². The summed E-state index contributed by atoms with van der Waals surface area (Å²) in [5, 5.41) is 0. The zero-order valence-corrected chi connectivity index (χ0v) is 20.6. The summed E-state index contributed by atoms with van der Waals surface area (Å²) in [5.41, 5.74) is 4.11. The predicted molar refractivity (Wildman–Crippen MR) is 139 cm³/mol. The standard InChI is InChI=1S/C28H35N5O/c1-4-10-26-29-20-25-27(30-26)32(3)17-18-33(28(25)34)24-15-8-13-22(19-24)14-9-16-31(2)21-23-11-6-5-7-12-23/h5-8,11-13,15,19-20H,4,9-10,14,16-18,21H2,1-3H3. The van der Waals surface area contributed by atoms with Gasteiger partial charge in [-0.2, -0.15) is 0 Å². The van der Waals surface area contributed by atoms with Crippen molar-refractivity contribution in [2.45, 2.75) is 39.2 Å². The van der Waals surface area contributed by atoms with Crippen LogP contribution in [0.25, 0.3) is 0 Å². The first-order valence-corrected chi connectivity index (χ1v) is 12.3. The number of hydrogen-bond acceptors (Lipinski definition) is 5. The summed E-state index contributed by atoms with van der Waals surface area (Å²) in [5.74, 6) is 1.51. The average molecular weight is 458 g/mol. The molecule has 0 unspecified atom stereocenters. The lowest BCUT2D eigenvalue weighted by atomic mass is 10.1. The summed E-state index contributed by atoms with van der Waals surface area (Å²) < 4.78 is 0. The Morgan fingerprint density at radius 3 is 2.59 bits per heavy atom. The number of hydrogen-bond donors (Lipinski definition) is 0. The molecule has 3 aromatic rings. The van der Waals surface area contributed by atoms with Crippen LogP contribution in [-0.4, -0.2) is 54.5 Å². The molecule has 6 nitrogen and oxygen atoms in total. The van der Waals surface area contributed by atoms with Crippen molar-refractivity contribution >= 4 is 17.4 Å². The van der Waals surface area contributed by atoms with Crippen LogP contribution < -0.4 is 9.80 Å². The predicted octanol–water partition coefficient (Wildman–Crippen LogP) is 4.59. The molecule has 1 aliphatic heterocycles. The molecule has 0 saturated heterocycles. The second-order valence-corrected chi connectivity index (χ2v) is 9.15. The van der Waals surface area contributed by atoms with Gasteiger partial charge in [-0.05, 0) is 56.1 Å². The fourth-order valence-corrected chi connectivity index (χ4v) is 4.45. The number of likely N-dealkylation sites (N-methyl/N-ethyl adjacent to an activating group) is 1. The first kappa shape index (κ1) is 23.9. The summed E-state index contributed by atoms with van der Waals surface area (Å²) in [6.07, 6.45) is 5.56. The molecule has 2 aromatic carbocycles. The average Bonchev–Trinajstić information content (AvgIpc) is 2.96. The maximum absolute atomic E-state index is 13.5. The second-order valence-electron chi connectivity index (χ2n) is 9.15. The van der Waals surface area contributed by atoms with Gasteiger partial charge in [-0.25, -0.2) is 9.97 Å². The molecule has 1 amide bonds. The van der Waals surface area contributed by atoms with Crippen LogP contribution in [-0.2, 0) is 19.4 Å². The van der Waals surface area contributed by atoms with Gasteiger partial charge in [0, 0.05) is 45.0 Å². The Morgan fingerprint density at radius 2 is 1.79 bits per heavy atom. The Labute approximate surface area is 203 Å². The molecule has 2 heterocycles. The number of amides is 1. The zero-order chi connectivity index (χ0) is 23.9. The minimum atomic E-state index is -0.0258. The second kappa shape index (κ2) is 11.3. The number of aryl methyl sites for hydroxylation is 2. The van der Waals surface area contributed by atoms with Gasteiger partial charge in [0.1, 0.15) is 17.2 Å². The topological polar surface area (TPSA) is 52.6 Å². The quantitative estimate of drug-likeness (QED) is 0.470. The highest BCUT2D eigenvalue weighted by Crippen LogP contribution is 2.26. The molecule has 0 saturated carbocycles. The Kier molecular flexibility index (Phi) is 7.91. The van der Waals surface area contributed by atoms with Crippen molar-refractivity contribution in [3.63, 3.8) is 0 Å². The van der Waals surface area contributed by atoms with E-state index in [-0.39, 0.29) is 5.91 Å². The summed E-state index contributed by atoms with van der Waals surface area (Å²) in [6.45, 7) is 5.45.